The predicted molar refractivity (Wildman–Crippen MR) is 113 cm³/mol. The van der Waals surface area contributed by atoms with Gasteiger partial charge in [0.2, 0.25) is 0 Å². The molecule has 0 N–H and O–H groups in total. The molecule has 5 rings (SSSR count). The van der Waals surface area contributed by atoms with Crippen LogP contribution in [0, 0.1) is 6.92 Å². The molecule has 0 fully saturated rings. The Balaban J connectivity index is 1.33. The fourth-order valence-electron chi connectivity index (χ4n) is 3.90. The maximum absolute atomic E-state index is 13.4. The highest BCUT2D eigenvalue weighted by Crippen LogP contribution is 2.28. The molecular formula is C24H22N4O3. The van der Waals surface area contributed by atoms with E-state index in [2.05, 4.69) is 15.1 Å². The highest BCUT2D eigenvalue weighted by molar-refractivity contribution is 6.00. The zero-order chi connectivity index (χ0) is 21.2. The van der Waals surface area contributed by atoms with Crippen molar-refractivity contribution < 1.29 is 13.7 Å². The second-order valence-electron chi connectivity index (χ2n) is 7.64. The Labute approximate surface area is 179 Å². The molecule has 3 aromatic heterocycles. The number of carbonyl (C=O) groups is 1. The number of rotatable bonds is 5. The lowest BCUT2D eigenvalue weighted by Gasteiger charge is -2.25. The molecule has 1 aromatic carbocycles. The van der Waals surface area contributed by atoms with E-state index in [-0.39, 0.29) is 5.91 Å². The van der Waals surface area contributed by atoms with E-state index in [4.69, 9.17) is 8.94 Å². The minimum Gasteiger partial charge on any atom is -0.445 e. The fourth-order valence-corrected chi connectivity index (χ4v) is 3.90. The molecule has 31 heavy (non-hydrogen) atoms. The number of nitrogens with zero attached hydrogens (tertiary/aromatic N) is 4. The van der Waals surface area contributed by atoms with E-state index in [1.807, 2.05) is 48.7 Å². The van der Waals surface area contributed by atoms with Crippen molar-refractivity contribution in [2.24, 2.45) is 0 Å². The number of aryl methyl sites for hydroxylation is 3. The minimum atomic E-state index is -0.0943. The number of benzene rings is 1. The summed E-state index contributed by atoms with van der Waals surface area (Å²) in [7, 11) is 0. The molecule has 4 aromatic rings. The predicted octanol–water partition coefficient (Wildman–Crippen LogP) is 4.02. The third kappa shape index (κ3) is 3.86. The maximum atomic E-state index is 13.4. The number of hydrogen-bond donors (Lipinski definition) is 0. The molecule has 0 atom stereocenters. The molecule has 156 valence electrons. The van der Waals surface area contributed by atoms with Gasteiger partial charge in [0.25, 0.3) is 5.91 Å². The monoisotopic (exact) mass is 414 g/mol. The highest BCUT2D eigenvalue weighted by Gasteiger charge is 2.30. The molecule has 7 heteroatoms. The Kier molecular flexibility index (Phi) is 5.08. The normalized spacial score (nSPS) is 13.3. The van der Waals surface area contributed by atoms with Gasteiger partial charge in [0.15, 0.2) is 5.89 Å². The number of hydrogen-bond acceptors (Lipinski definition) is 6. The van der Waals surface area contributed by atoms with Crippen molar-refractivity contribution in [2.75, 3.05) is 6.54 Å². The van der Waals surface area contributed by atoms with Gasteiger partial charge in [-0.05, 0) is 25.0 Å². The van der Waals surface area contributed by atoms with Gasteiger partial charge in [-0.2, -0.15) is 0 Å². The lowest BCUT2D eigenvalue weighted by molar-refractivity contribution is 0.0726. The zero-order valence-electron chi connectivity index (χ0n) is 17.2. The van der Waals surface area contributed by atoms with E-state index in [9.17, 15) is 4.79 Å². The molecule has 0 radical (unpaired) electrons. The Hall–Kier alpha value is -3.74. The Morgan fingerprint density at radius 1 is 1.13 bits per heavy atom. The third-order valence-electron chi connectivity index (χ3n) is 5.53. The van der Waals surface area contributed by atoms with Gasteiger partial charge in [-0.25, -0.2) is 4.98 Å². The van der Waals surface area contributed by atoms with E-state index in [0.29, 0.717) is 48.8 Å². The third-order valence-corrected chi connectivity index (χ3v) is 5.53. The van der Waals surface area contributed by atoms with Crippen molar-refractivity contribution in [2.45, 2.75) is 32.7 Å². The molecule has 0 spiro atoms. The minimum absolute atomic E-state index is 0.0943. The summed E-state index contributed by atoms with van der Waals surface area (Å²) in [5.41, 5.74) is 3.92. The van der Waals surface area contributed by atoms with Gasteiger partial charge in [0, 0.05) is 37.3 Å². The smallest absolute Gasteiger partial charge is 0.260 e. The van der Waals surface area contributed by atoms with E-state index >= 15 is 0 Å². The van der Waals surface area contributed by atoms with Crippen molar-refractivity contribution >= 4 is 5.91 Å². The van der Waals surface area contributed by atoms with Gasteiger partial charge in [0.1, 0.15) is 28.5 Å². The zero-order valence-corrected chi connectivity index (χ0v) is 17.2. The summed E-state index contributed by atoms with van der Waals surface area (Å²) in [6.45, 7) is 2.76. The molecule has 0 aliphatic carbocycles. The second kappa shape index (κ2) is 8.18. The summed E-state index contributed by atoms with van der Waals surface area (Å²) in [5, 5.41) is 4.14. The highest BCUT2D eigenvalue weighted by atomic mass is 16.5. The van der Waals surface area contributed by atoms with Gasteiger partial charge in [-0.3, -0.25) is 9.78 Å². The number of amides is 1. The van der Waals surface area contributed by atoms with Crippen LogP contribution in [0.4, 0.5) is 0 Å². The van der Waals surface area contributed by atoms with Crippen molar-refractivity contribution in [3.63, 3.8) is 0 Å². The van der Waals surface area contributed by atoms with Gasteiger partial charge in [-0.15, -0.1) is 0 Å². The van der Waals surface area contributed by atoms with Gasteiger partial charge in [-0.1, -0.05) is 41.6 Å². The molecule has 1 aliphatic rings. The van der Waals surface area contributed by atoms with E-state index in [0.717, 1.165) is 29.0 Å². The van der Waals surface area contributed by atoms with Gasteiger partial charge < -0.3 is 13.8 Å². The first kappa shape index (κ1) is 19.2. The summed E-state index contributed by atoms with van der Waals surface area (Å²) in [6.07, 6.45) is 5.78. The summed E-state index contributed by atoms with van der Waals surface area (Å²) < 4.78 is 11.3. The number of pyridine rings is 1. The first-order valence-electron chi connectivity index (χ1n) is 10.4. The van der Waals surface area contributed by atoms with Gasteiger partial charge in [0.05, 0.1) is 6.54 Å². The molecule has 1 amide bonds. The summed E-state index contributed by atoms with van der Waals surface area (Å²) in [4.78, 5) is 24.0. The number of oxazole rings is 1. The quantitative estimate of drug-likeness (QED) is 0.490. The van der Waals surface area contributed by atoms with Crippen LogP contribution in [0.25, 0.3) is 11.3 Å². The number of aromatic nitrogens is 3. The van der Waals surface area contributed by atoms with Crippen LogP contribution < -0.4 is 0 Å². The number of carbonyl (C=O) groups excluding carboxylic acids is 1. The lowest BCUT2D eigenvalue weighted by Crippen LogP contribution is -2.36. The lowest BCUT2D eigenvalue weighted by atomic mass is 10.0. The van der Waals surface area contributed by atoms with Crippen molar-refractivity contribution in [1.29, 1.82) is 0 Å². The SMILES string of the molecule is Cc1onc(-c2ccccc2)c1C(=O)N1CCc2oc(CCc3cccnc3)nc2C1. The van der Waals surface area contributed by atoms with Crippen LogP contribution in [0.5, 0.6) is 0 Å². The topological polar surface area (TPSA) is 85.3 Å². The molecule has 1 aliphatic heterocycles. The first-order valence-corrected chi connectivity index (χ1v) is 10.4. The van der Waals surface area contributed by atoms with Crippen molar-refractivity contribution in [3.05, 3.63) is 89.1 Å². The summed E-state index contributed by atoms with van der Waals surface area (Å²) in [6, 6.07) is 13.6. The molecule has 0 unspecified atom stereocenters. The van der Waals surface area contributed by atoms with Crippen LogP contribution in [-0.2, 0) is 25.8 Å². The summed E-state index contributed by atoms with van der Waals surface area (Å²) in [5.74, 6) is 2.00. The molecule has 0 saturated carbocycles. The van der Waals surface area contributed by atoms with Crippen LogP contribution in [0.15, 0.2) is 63.8 Å². The van der Waals surface area contributed by atoms with E-state index < -0.39 is 0 Å². The standard InChI is InChI=1S/C24H22N4O3/c1-16-22(23(27-31-16)18-7-3-2-4-8-18)24(29)28-13-11-20-19(15-28)26-21(30-20)10-9-17-6-5-12-25-14-17/h2-8,12,14H,9-11,13,15H2,1H3. The maximum Gasteiger partial charge on any atom is 0.260 e. The Morgan fingerprint density at radius 3 is 2.81 bits per heavy atom. The molecule has 7 nitrogen and oxygen atoms in total. The van der Waals surface area contributed by atoms with Crippen LogP contribution in [0.3, 0.4) is 0 Å². The van der Waals surface area contributed by atoms with Crippen LogP contribution in [0.1, 0.15) is 39.0 Å². The van der Waals surface area contributed by atoms with Crippen molar-refractivity contribution in [3.8, 4) is 11.3 Å². The number of fused-ring (bicyclic) bond motifs is 1. The van der Waals surface area contributed by atoms with Crippen LogP contribution >= 0.6 is 0 Å². The van der Waals surface area contributed by atoms with Crippen LogP contribution in [-0.4, -0.2) is 32.5 Å². The van der Waals surface area contributed by atoms with E-state index in [1.54, 1.807) is 18.0 Å². The Bertz CT molecular complexity index is 1200. The molecule has 4 heterocycles. The first-order chi connectivity index (χ1) is 15.2. The average molecular weight is 414 g/mol. The van der Waals surface area contributed by atoms with E-state index in [1.165, 1.54) is 0 Å². The molecule has 0 saturated heterocycles. The molecular weight excluding hydrogens is 392 g/mol. The van der Waals surface area contributed by atoms with Gasteiger partial charge >= 0.3 is 0 Å². The fraction of sp³-hybridized carbons (Fsp3) is 0.250. The van der Waals surface area contributed by atoms with Crippen molar-refractivity contribution in [1.82, 2.24) is 20.0 Å². The summed E-state index contributed by atoms with van der Waals surface area (Å²) >= 11 is 0. The molecule has 0 bridgehead atoms. The average Bonchev–Trinajstić information content (AvgIpc) is 3.41. The largest absolute Gasteiger partial charge is 0.445 e. The second-order valence-corrected chi connectivity index (χ2v) is 7.64. The Morgan fingerprint density at radius 2 is 2.00 bits per heavy atom. The van der Waals surface area contributed by atoms with Crippen LogP contribution in [0.2, 0.25) is 0 Å².